The monoisotopic (exact) mass is 252 g/mol. The van der Waals surface area contributed by atoms with Gasteiger partial charge in [-0.3, -0.25) is 0 Å². The number of aliphatic hydroxyl groups excluding tert-OH is 1. The molecule has 2 bridgehead atoms. The van der Waals surface area contributed by atoms with Crippen LogP contribution in [0.5, 0.6) is 0 Å². The van der Waals surface area contributed by atoms with E-state index in [9.17, 15) is 0 Å². The van der Waals surface area contributed by atoms with Crippen molar-refractivity contribution in [3.8, 4) is 0 Å². The quantitative estimate of drug-likeness (QED) is 0.860. The van der Waals surface area contributed by atoms with Crippen molar-refractivity contribution in [2.45, 2.75) is 31.7 Å². The summed E-state index contributed by atoms with van der Waals surface area (Å²) in [6.07, 6.45) is 3.51. The zero-order valence-corrected chi connectivity index (χ0v) is 10.4. The number of ether oxygens (including phenoxy) is 1. The van der Waals surface area contributed by atoms with Crippen LogP contribution in [0.1, 0.15) is 18.5 Å². The molecule has 0 unspecified atom stereocenters. The molecule has 3 fully saturated rings. The number of aromatic nitrogens is 1. The molecule has 3 saturated heterocycles. The first kappa shape index (κ1) is 10.3. The number of hydrogen-bond acceptors (Lipinski definition) is 5. The third-order valence-corrected chi connectivity index (χ3v) is 5.38. The van der Waals surface area contributed by atoms with E-state index in [1.165, 1.54) is 12.8 Å². The van der Waals surface area contributed by atoms with E-state index in [0.717, 1.165) is 35.8 Å². The zero-order chi connectivity index (χ0) is 11.4. The molecule has 0 spiro atoms. The Hall–Kier alpha value is -0.650. The highest BCUT2D eigenvalue weighted by Gasteiger charge is 2.53. The first-order valence-electron chi connectivity index (χ1n) is 6.31. The highest BCUT2D eigenvalue weighted by atomic mass is 32.1. The van der Waals surface area contributed by atoms with Gasteiger partial charge in [0.25, 0.3) is 0 Å². The fourth-order valence-corrected chi connectivity index (χ4v) is 4.47. The minimum Gasteiger partial charge on any atom is -0.390 e. The molecule has 1 aromatic rings. The van der Waals surface area contributed by atoms with Crippen LogP contribution in [0.2, 0.25) is 0 Å². The highest BCUT2D eigenvalue weighted by molar-refractivity contribution is 7.13. The molecule has 5 heteroatoms. The lowest BCUT2D eigenvalue weighted by Crippen LogP contribution is -2.24. The number of thiazole rings is 1. The Morgan fingerprint density at radius 1 is 1.35 bits per heavy atom. The maximum atomic E-state index is 9.05. The average Bonchev–Trinajstić information content (AvgIpc) is 3.10. The minimum atomic E-state index is 0.0472. The third kappa shape index (κ3) is 1.46. The van der Waals surface area contributed by atoms with E-state index in [4.69, 9.17) is 9.84 Å². The number of fused-ring (bicyclic) bond motifs is 5. The molecule has 0 saturated carbocycles. The normalized spacial score (nSPS) is 39.0. The summed E-state index contributed by atoms with van der Waals surface area (Å²) in [5, 5.41) is 12.1. The summed E-state index contributed by atoms with van der Waals surface area (Å²) in [5.74, 6) is 1.44. The molecule has 4 rings (SSSR count). The number of rotatable bonds is 2. The van der Waals surface area contributed by atoms with Gasteiger partial charge in [0.2, 0.25) is 0 Å². The number of aliphatic hydroxyl groups is 1. The Labute approximate surface area is 104 Å². The molecule has 0 radical (unpaired) electrons. The maximum absolute atomic E-state index is 9.05. The summed E-state index contributed by atoms with van der Waals surface area (Å²) in [5.41, 5.74) is 0.793. The van der Waals surface area contributed by atoms with E-state index < -0.39 is 0 Å². The summed E-state index contributed by atoms with van der Waals surface area (Å²) in [6.45, 7) is 2.22. The van der Waals surface area contributed by atoms with Crippen molar-refractivity contribution >= 4 is 16.5 Å². The smallest absolute Gasteiger partial charge is 0.185 e. The molecular formula is C12H16N2O2S. The van der Waals surface area contributed by atoms with Gasteiger partial charge in [0.1, 0.15) is 0 Å². The molecule has 3 aliphatic heterocycles. The molecule has 1 aromatic heterocycles. The van der Waals surface area contributed by atoms with Crippen molar-refractivity contribution in [1.29, 1.82) is 0 Å². The van der Waals surface area contributed by atoms with Crippen molar-refractivity contribution in [1.82, 2.24) is 4.98 Å². The van der Waals surface area contributed by atoms with E-state index in [1.807, 2.05) is 5.38 Å². The van der Waals surface area contributed by atoms with Gasteiger partial charge in [-0.05, 0) is 12.8 Å². The van der Waals surface area contributed by atoms with Crippen LogP contribution in [-0.2, 0) is 11.3 Å². The van der Waals surface area contributed by atoms with Crippen molar-refractivity contribution < 1.29 is 9.84 Å². The largest absolute Gasteiger partial charge is 0.390 e. The SMILES string of the molecule is OCc1csc(N2C[C@@H]3[C@H](C2)[C@H]2CC[C@@H]3O2)n1. The van der Waals surface area contributed by atoms with Crippen LogP contribution >= 0.6 is 11.3 Å². The van der Waals surface area contributed by atoms with Crippen LogP contribution in [0.15, 0.2) is 5.38 Å². The van der Waals surface area contributed by atoms with E-state index in [-0.39, 0.29) is 6.61 Å². The molecule has 4 heterocycles. The van der Waals surface area contributed by atoms with Crippen molar-refractivity contribution in [2.24, 2.45) is 11.8 Å². The zero-order valence-electron chi connectivity index (χ0n) is 9.58. The van der Waals surface area contributed by atoms with Crippen molar-refractivity contribution in [2.75, 3.05) is 18.0 Å². The second kappa shape index (κ2) is 3.67. The molecule has 3 aliphatic rings. The number of anilines is 1. The molecule has 17 heavy (non-hydrogen) atoms. The Morgan fingerprint density at radius 3 is 2.65 bits per heavy atom. The second-order valence-corrected chi connectivity index (χ2v) is 6.14. The van der Waals surface area contributed by atoms with Gasteiger partial charge < -0.3 is 14.7 Å². The fraction of sp³-hybridized carbons (Fsp3) is 0.750. The average molecular weight is 252 g/mol. The minimum absolute atomic E-state index is 0.0472. The van der Waals surface area contributed by atoms with E-state index >= 15 is 0 Å². The third-order valence-electron chi connectivity index (χ3n) is 4.42. The number of hydrogen-bond donors (Lipinski definition) is 1. The molecule has 0 aromatic carbocycles. The summed E-state index contributed by atoms with van der Waals surface area (Å²) < 4.78 is 5.97. The lowest BCUT2D eigenvalue weighted by atomic mass is 9.82. The van der Waals surface area contributed by atoms with Gasteiger partial charge in [0.15, 0.2) is 5.13 Å². The van der Waals surface area contributed by atoms with Gasteiger partial charge in [-0.2, -0.15) is 0 Å². The molecular weight excluding hydrogens is 236 g/mol. The van der Waals surface area contributed by atoms with Crippen LogP contribution < -0.4 is 4.90 Å². The van der Waals surface area contributed by atoms with Crippen LogP contribution in [0, 0.1) is 11.8 Å². The predicted octanol–water partition coefficient (Wildman–Crippen LogP) is 1.25. The van der Waals surface area contributed by atoms with Gasteiger partial charge in [0.05, 0.1) is 24.5 Å². The molecule has 4 nitrogen and oxygen atoms in total. The summed E-state index contributed by atoms with van der Waals surface area (Å²) in [7, 11) is 0. The Morgan fingerprint density at radius 2 is 2.06 bits per heavy atom. The van der Waals surface area contributed by atoms with Crippen LogP contribution in [0.3, 0.4) is 0 Å². The first-order valence-corrected chi connectivity index (χ1v) is 7.19. The Bertz CT molecular complexity index is 418. The molecule has 1 N–H and O–H groups in total. The standard InChI is InChI=1S/C12H16N2O2S/c15-5-7-6-17-12(13-7)14-3-8-9(4-14)11-2-1-10(8)16-11/h6,8-11,15H,1-5H2/t8-,9+,10+,11-. The van der Waals surface area contributed by atoms with E-state index in [2.05, 4.69) is 9.88 Å². The van der Waals surface area contributed by atoms with Gasteiger partial charge in [-0.1, -0.05) is 0 Å². The van der Waals surface area contributed by atoms with Gasteiger partial charge in [-0.25, -0.2) is 4.98 Å². The van der Waals surface area contributed by atoms with Gasteiger partial charge in [-0.15, -0.1) is 11.3 Å². The second-order valence-electron chi connectivity index (χ2n) is 5.30. The summed E-state index contributed by atoms with van der Waals surface area (Å²) in [6, 6.07) is 0. The molecule has 0 aliphatic carbocycles. The van der Waals surface area contributed by atoms with Crippen molar-refractivity contribution in [3.63, 3.8) is 0 Å². The highest BCUT2D eigenvalue weighted by Crippen LogP contribution is 2.48. The van der Waals surface area contributed by atoms with E-state index in [1.54, 1.807) is 11.3 Å². The number of nitrogens with zero attached hydrogens (tertiary/aromatic N) is 2. The van der Waals surface area contributed by atoms with Gasteiger partial charge in [0, 0.05) is 30.3 Å². The maximum Gasteiger partial charge on any atom is 0.185 e. The molecule has 0 amide bonds. The Balaban J connectivity index is 1.55. The van der Waals surface area contributed by atoms with Crippen LogP contribution in [0.25, 0.3) is 0 Å². The predicted molar refractivity (Wildman–Crippen MR) is 65.1 cm³/mol. The van der Waals surface area contributed by atoms with Crippen LogP contribution in [0.4, 0.5) is 5.13 Å². The molecule has 92 valence electrons. The molecule has 4 atom stereocenters. The van der Waals surface area contributed by atoms with Crippen LogP contribution in [-0.4, -0.2) is 35.4 Å². The Kier molecular flexibility index (Phi) is 2.22. The lowest BCUT2D eigenvalue weighted by Gasteiger charge is -2.17. The topological polar surface area (TPSA) is 45.6 Å². The first-order chi connectivity index (χ1) is 8.35. The van der Waals surface area contributed by atoms with Crippen molar-refractivity contribution in [3.05, 3.63) is 11.1 Å². The van der Waals surface area contributed by atoms with E-state index in [0.29, 0.717) is 12.2 Å². The fourth-order valence-electron chi connectivity index (χ4n) is 3.63. The lowest BCUT2D eigenvalue weighted by molar-refractivity contribution is 0.0850. The van der Waals surface area contributed by atoms with Gasteiger partial charge >= 0.3 is 0 Å². The summed E-state index contributed by atoms with van der Waals surface area (Å²) >= 11 is 1.65. The summed E-state index contributed by atoms with van der Waals surface area (Å²) in [4.78, 5) is 6.84.